The fraction of sp³-hybridized carbons (Fsp3) is 0.154. The number of hydrogen-bond donors (Lipinski definition) is 0. The summed E-state index contributed by atoms with van der Waals surface area (Å²) in [6.45, 7) is 5.30. The lowest BCUT2D eigenvalue weighted by Gasteiger charge is -2.36. The van der Waals surface area contributed by atoms with Crippen LogP contribution in [-0.2, 0) is 4.79 Å². The maximum atomic E-state index is 15.9. The monoisotopic (exact) mass is 489 g/mol. The van der Waals surface area contributed by atoms with Crippen LogP contribution in [0.15, 0.2) is 55.4 Å². The van der Waals surface area contributed by atoms with E-state index in [1.54, 1.807) is 29.2 Å². The second-order valence-electron chi connectivity index (χ2n) is 8.10. The normalized spacial score (nSPS) is 13.8. The molecule has 1 aliphatic heterocycles. The van der Waals surface area contributed by atoms with Crippen LogP contribution < -0.4 is 4.90 Å². The van der Waals surface area contributed by atoms with Crippen molar-refractivity contribution in [3.63, 3.8) is 0 Å². The Morgan fingerprint density at radius 1 is 1.11 bits per heavy atom. The minimum atomic E-state index is -0.693. The highest BCUT2D eigenvalue weighted by atomic mass is 35.5. The molecule has 174 valence electrons. The van der Waals surface area contributed by atoms with Gasteiger partial charge in [-0.15, -0.1) is 0 Å². The summed E-state index contributed by atoms with van der Waals surface area (Å²) in [5.41, 5.74) is 1.17. The summed E-state index contributed by atoms with van der Waals surface area (Å²) in [4.78, 5) is 24.1. The van der Waals surface area contributed by atoms with E-state index in [-0.39, 0.29) is 27.7 Å². The van der Waals surface area contributed by atoms with Crippen molar-refractivity contribution in [1.29, 1.82) is 5.26 Å². The van der Waals surface area contributed by atoms with Gasteiger partial charge in [0, 0.05) is 54.9 Å². The van der Waals surface area contributed by atoms with E-state index >= 15 is 4.39 Å². The number of nitrogens with zero attached hydrogens (tertiary/aromatic N) is 5. The second-order valence-corrected chi connectivity index (χ2v) is 8.47. The molecular formula is C26H18ClF2N5O. The quantitative estimate of drug-likeness (QED) is 0.375. The molecule has 5 rings (SSSR count). The van der Waals surface area contributed by atoms with Crippen LogP contribution >= 0.6 is 11.6 Å². The van der Waals surface area contributed by atoms with E-state index in [0.717, 1.165) is 0 Å². The first-order valence-corrected chi connectivity index (χ1v) is 11.2. The molecule has 0 unspecified atom stereocenters. The van der Waals surface area contributed by atoms with Gasteiger partial charge < -0.3 is 9.80 Å². The highest BCUT2D eigenvalue weighted by Crippen LogP contribution is 2.38. The maximum Gasteiger partial charge on any atom is 0.246 e. The Morgan fingerprint density at radius 3 is 2.60 bits per heavy atom. The molecule has 1 fully saturated rings. The average molecular weight is 490 g/mol. The lowest BCUT2D eigenvalue weighted by atomic mass is 10.00. The molecule has 1 amide bonds. The zero-order valence-corrected chi connectivity index (χ0v) is 19.2. The van der Waals surface area contributed by atoms with Crippen LogP contribution in [0.3, 0.4) is 0 Å². The summed E-state index contributed by atoms with van der Waals surface area (Å²) in [6.07, 6.45) is 4.08. The average Bonchev–Trinajstić information content (AvgIpc) is 2.89. The van der Waals surface area contributed by atoms with Gasteiger partial charge in [-0.3, -0.25) is 14.8 Å². The molecule has 9 heteroatoms. The molecule has 1 saturated heterocycles. The van der Waals surface area contributed by atoms with E-state index in [0.29, 0.717) is 53.6 Å². The number of halogens is 3. The molecule has 0 N–H and O–H groups in total. The summed E-state index contributed by atoms with van der Waals surface area (Å²) in [6, 6.07) is 10.1. The number of pyridine rings is 2. The summed E-state index contributed by atoms with van der Waals surface area (Å²) in [5.74, 6) is -1.46. The molecule has 0 spiro atoms. The number of anilines is 1. The molecule has 1 aliphatic rings. The number of hydrogen-bond acceptors (Lipinski definition) is 5. The summed E-state index contributed by atoms with van der Waals surface area (Å²) in [5, 5.41) is 11.0. The summed E-state index contributed by atoms with van der Waals surface area (Å²) < 4.78 is 30.1. The van der Waals surface area contributed by atoms with Gasteiger partial charge >= 0.3 is 0 Å². The molecule has 0 bridgehead atoms. The van der Waals surface area contributed by atoms with Crippen molar-refractivity contribution in [2.45, 2.75) is 0 Å². The van der Waals surface area contributed by atoms with Crippen molar-refractivity contribution >= 4 is 44.9 Å². The van der Waals surface area contributed by atoms with E-state index in [2.05, 4.69) is 22.6 Å². The van der Waals surface area contributed by atoms with Gasteiger partial charge in [0.2, 0.25) is 5.91 Å². The van der Waals surface area contributed by atoms with Gasteiger partial charge in [-0.05, 0) is 17.5 Å². The highest BCUT2D eigenvalue weighted by molar-refractivity contribution is 6.36. The van der Waals surface area contributed by atoms with Crippen molar-refractivity contribution in [2.24, 2.45) is 0 Å². The first-order chi connectivity index (χ1) is 16.9. The summed E-state index contributed by atoms with van der Waals surface area (Å²) >= 11 is 6.24. The van der Waals surface area contributed by atoms with Crippen LogP contribution in [0.4, 0.5) is 14.5 Å². The highest BCUT2D eigenvalue weighted by Gasteiger charge is 2.26. The molecule has 35 heavy (non-hydrogen) atoms. The van der Waals surface area contributed by atoms with Crippen LogP contribution in [0.5, 0.6) is 0 Å². The molecule has 2 aromatic carbocycles. The van der Waals surface area contributed by atoms with Crippen LogP contribution in [0.2, 0.25) is 5.02 Å². The van der Waals surface area contributed by atoms with Crippen molar-refractivity contribution in [2.75, 3.05) is 31.1 Å². The smallest absolute Gasteiger partial charge is 0.246 e. The second kappa shape index (κ2) is 8.93. The lowest BCUT2D eigenvalue weighted by Crippen LogP contribution is -2.48. The van der Waals surface area contributed by atoms with Gasteiger partial charge in [-0.1, -0.05) is 42.4 Å². The number of amides is 1. The van der Waals surface area contributed by atoms with Crippen LogP contribution in [0.25, 0.3) is 32.9 Å². The Kier molecular flexibility index (Phi) is 5.79. The number of piperazine rings is 1. The van der Waals surface area contributed by atoms with Gasteiger partial charge in [0.1, 0.15) is 23.1 Å². The Labute approximate surface area is 204 Å². The Hall–Kier alpha value is -4.09. The van der Waals surface area contributed by atoms with E-state index in [1.807, 2.05) is 4.90 Å². The lowest BCUT2D eigenvalue weighted by molar-refractivity contribution is -0.126. The third kappa shape index (κ3) is 3.74. The molecule has 0 radical (unpaired) electrons. The van der Waals surface area contributed by atoms with E-state index in [1.165, 1.54) is 24.5 Å². The van der Waals surface area contributed by atoms with Crippen molar-refractivity contribution in [1.82, 2.24) is 14.9 Å². The SMILES string of the molecule is C=CC(=O)N1CCN(c2c(C#N)cnc3c(F)c(-c4cccc5ccc(F)c(Cl)c45)ncc23)CC1. The zero-order valence-electron chi connectivity index (χ0n) is 18.4. The van der Waals surface area contributed by atoms with Gasteiger partial charge in [-0.25, -0.2) is 8.78 Å². The molecule has 2 aromatic heterocycles. The van der Waals surface area contributed by atoms with Crippen LogP contribution in [0, 0.1) is 23.0 Å². The topological polar surface area (TPSA) is 73.1 Å². The minimum Gasteiger partial charge on any atom is -0.366 e. The third-order valence-electron chi connectivity index (χ3n) is 6.22. The molecular weight excluding hydrogens is 472 g/mol. The van der Waals surface area contributed by atoms with Crippen LogP contribution in [0.1, 0.15) is 5.56 Å². The van der Waals surface area contributed by atoms with E-state index in [4.69, 9.17) is 11.6 Å². The fourth-order valence-corrected chi connectivity index (χ4v) is 4.78. The molecule has 0 saturated carbocycles. The predicted octanol–water partition coefficient (Wildman–Crippen LogP) is 5.09. The number of nitriles is 1. The largest absolute Gasteiger partial charge is 0.366 e. The number of rotatable bonds is 3. The van der Waals surface area contributed by atoms with Gasteiger partial charge in [0.15, 0.2) is 5.82 Å². The first-order valence-electron chi connectivity index (χ1n) is 10.8. The molecule has 0 atom stereocenters. The Morgan fingerprint density at radius 2 is 1.89 bits per heavy atom. The molecule has 4 aromatic rings. The Bertz CT molecular complexity index is 1560. The van der Waals surface area contributed by atoms with Gasteiger partial charge in [0.05, 0.1) is 16.3 Å². The number of carbonyl (C=O) groups excluding carboxylic acids is 1. The molecule has 0 aliphatic carbocycles. The van der Waals surface area contributed by atoms with Crippen LogP contribution in [-0.4, -0.2) is 47.0 Å². The fourth-order valence-electron chi connectivity index (χ4n) is 4.51. The summed E-state index contributed by atoms with van der Waals surface area (Å²) in [7, 11) is 0. The predicted molar refractivity (Wildman–Crippen MR) is 131 cm³/mol. The molecule has 3 heterocycles. The van der Waals surface area contributed by atoms with Crippen molar-refractivity contribution < 1.29 is 13.6 Å². The Balaban J connectivity index is 1.65. The van der Waals surface area contributed by atoms with Gasteiger partial charge in [0.25, 0.3) is 0 Å². The van der Waals surface area contributed by atoms with E-state index < -0.39 is 11.6 Å². The minimum absolute atomic E-state index is 0.0137. The standard InChI is InChI=1S/C26H18ClF2N5O/c1-2-20(35)33-8-10-34(11-9-33)26-16(12-30)13-31-25-18(26)14-32-24(23(25)29)17-5-3-4-15-6-7-19(28)22(27)21(15)17/h2-7,13-14H,1,8-11H2. The number of fused-ring (bicyclic) bond motifs is 2. The number of aromatic nitrogens is 2. The number of carbonyl (C=O) groups is 1. The van der Waals surface area contributed by atoms with Crippen molar-refractivity contribution in [3.05, 3.63) is 77.6 Å². The molecule has 6 nitrogen and oxygen atoms in total. The van der Waals surface area contributed by atoms with Crippen molar-refractivity contribution in [3.8, 4) is 17.3 Å². The van der Waals surface area contributed by atoms with E-state index in [9.17, 15) is 14.4 Å². The maximum absolute atomic E-state index is 15.9. The third-order valence-corrected chi connectivity index (χ3v) is 6.59. The number of benzene rings is 2. The van der Waals surface area contributed by atoms with Gasteiger partial charge in [-0.2, -0.15) is 5.26 Å². The first kappa shape index (κ1) is 22.7. The zero-order chi connectivity index (χ0) is 24.7.